The summed E-state index contributed by atoms with van der Waals surface area (Å²) >= 11 is 1.63. The average Bonchev–Trinajstić information content (AvgIpc) is 3.32. The van der Waals surface area contributed by atoms with Crippen LogP contribution in [-0.4, -0.2) is 28.2 Å². The second-order valence-corrected chi connectivity index (χ2v) is 8.74. The first-order valence-electron chi connectivity index (χ1n) is 10.9. The van der Waals surface area contributed by atoms with Crippen LogP contribution in [0.2, 0.25) is 0 Å². The molecule has 0 aliphatic rings. The molecule has 4 rings (SSSR count). The van der Waals surface area contributed by atoms with Gasteiger partial charge in [-0.2, -0.15) is 0 Å². The van der Waals surface area contributed by atoms with Crippen molar-refractivity contribution < 1.29 is 14.6 Å². The van der Waals surface area contributed by atoms with E-state index in [4.69, 9.17) is 19.8 Å². The summed E-state index contributed by atoms with van der Waals surface area (Å²) in [7, 11) is 1.66. The summed E-state index contributed by atoms with van der Waals surface area (Å²) < 4.78 is 5.21. The van der Waals surface area contributed by atoms with Crippen molar-refractivity contribution in [3.8, 4) is 16.5 Å². The van der Waals surface area contributed by atoms with Crippen molar-refractivity contribution in [3.63, 3.8) is 0 Å². The molecule has 2 heterocycles. The first kappa shape index (κ1) is 23.2. The molecule has 0 spiro atoms. The Morgan fingerprint density at radius 2 is 1.76 bits per heavy atom. The van der Waals surface area contributed by atoms with Gasteiger partial charge in [0.05, 0.1) is 17.6 Å². The minimum atomic E-state index is -0.949. The molecule has 34 heavy (non-hydrogen) atoms. The van der Waals surface area contributed by atoms with Crippen LogP contribution >= 0.6 is 11.3 Å². The normalized spacial score (nSPS) is 11.0. The largest absolute Gasteiger partial charge is 0.497 e. The Hall–Kier alpha value is -3.97. The van der Waals surface area contributed by atoms with E-state index >= 15 is 0 Å². The van der Waals surface area contributed by atoms with E-state index in [1.54, 1.807) is 42.7 Å². The monoisotopic (exact) mass is 471 g/mol. The Morgan fingerprint density at radius 1 is 1.03 bits per heavy atom. The number of ether oxygens (including phenoxy) is 1. The zero-order chi connectivity index (χ0) is 24.1. The lowest BCUT2D eigenvalue weighted by molar-refractivity contribution is 0.0697. The van der Waals surface area contributed by atoms with Gasteiger partial charge in [-0.1, -0.05) is 25.1 Å². The Bertz CT molecular complexity index is 1330. The molecule has 0 fully saturated rings. The van der Waals surface area contributed by atoms with Crippen LogP contribution in [0, 0.1) is 6.92 Å². The average molecular weight is 472 g/mol. The molecule has 0 saturated carbocycles. The second kappa shape index (κ2) is 10.3. The van der Waals surface area contributed by atoms with Gasteiger partial charge < -0.3 is 15.2 Å². The highest BCUT2D eigenvalue weighted by molar-refractivity contribution is 7.16. The van der Waals surface area contributed by atoms with Gasteiger partial charge in [0.15, 0.2) is 5.82 Å². The fraction of sp³-hybridized carbons (Fsp3) is 0.148. The molecule has 2 aromatic carbocycles. The number of benzene rings is 2. The van der Waals surface area contributed by atoms with Crippen LogP contribution in [-0.2, 0) is 6.42 Å². The van der Waals surface area contributed by atoms with Gasteiger partial charge in [-0.05, 0) is 73.5 Å². The molecule has 0 aliphatic heterocycles. The van der Waals surface area contributed by atoms with Crippen molar-refractivity contribution in [2.75, 3.05) is 12.4 Å². The number of thiophene rings is 1. The van der Waals surface area contributed by atoms with Crippen molar-refractivity contribution in [2.45, 2.75) is 20.3 Å². The molecule has 0 bridgehead atoms. The number of rotatable bonds is 8. The molecule has 2 aromatic heterocycles. The molecular weight excluding hydrogens is 446 g/mol. The number of methoxy groups -OCH3 is 1. The smallest absolute Gasteiger partial charge is 0.335 e. The lowest BCUT2D eigenvalue weighted by Gasteiger charge is -2.13. The van der Waals surface area contributed by atoms with E-state index in [-0.39, 0.29) is 5.56 Å². The molecule has 0 radical (unpaired) electrons. The summed E-state index contributed by atoms with van der Waals surface area (Å²) in [5, 5.41) is 12.5. The highest BCUT2D eigenvalue weighted by Gasteiger charge is 2.14. The lowest BCUT2D eigenvalue weighted by Crippen LogP contribution is -2.05. The Morgan fingerprint density at radius 3 is 2.41 bits per heavy atom. The van der Waals surface area contributed by atoms with Crippen molar-refractivity contribution in [1.29, 1.82) is 0 Å². The van der Waals surface area contributed by atoms with E-state index in [1.165, 1.54) is 0 Å². The molecule has 7 heteroatoms. The Balaban J connectivity index is 1.58. The fourth-order valence-electron chi connectivity index (χ4n) is 3.52. The molecule has 0 atom stereocenters. The van der Waals surface area contributed by atoms with Crippen LogP contribution in [0.3, 0.4) is 0 Å². The first-order chi connectivity index (χ1) is 16.5. The molecule has 172 valence electrons. The van der Waals surface area contributed by atoms with Crippen LogP contribution < -0.4 is 10.1 Å². The number of aromatic nitrogens is 2. The number of carbonyl (C=O) groups is 1. The van der Waals surface area contributed by atoms with Crippen LogP contribution in [0.4, 0.5) is 11.5 Å². The lowest BCUT2D eigenvalue weighted by atomic mass is 10.1. The number of nitrogens with one attached hydrogen (secondary N) is 1. The van der Waals surface area contributed by atoms with Crippen molar-refractivity contribution in [2.24, 2.45) is 0 Å². The maximum absolute atomic E-state index is 11.1. The molecule has 0 aliphatic carbocycles. The summed E-state index contributed by atoms with van der Waals surface area (Å²) in [5.41, 5.74) is 4.06. The first-order valence-corrected chi connectivity index (χ1v) is 11.7. The number of nitrogens with zero attached hydrogens (tertiary/aromatic N) is 2. The minimum absolute atomic E-state index is 0.245. The van der Waals surface area contributed by atoms with Gasteiger partial charge in [-0.15, -0.1) is 11.3 Å². The van der Waals surface area contributed by atoms with Gasteiger partial charge in [-0.3, -0.25) is 0 Å². The third-order valence-electron chi connectivity index (χ3n) is 5.37. The number of hydrogen-bond donors (Lipinski definition) is 2. The zero-order valence-electron chi connectivity index (χ0n) is 19.2. The molecule has 0 unspecified atom stereocenters. The second-order valence-electron chi connectivity index (χ2n) is 7.63. The molecule has 6 nitrogen and oxygen atoms in total. The minimum Gasteiger partial charge on any atom is -0.497 e. The molecule has 4 aromatic rings. The van der Waals surface area contributed by atoms with Gasteiger partial charge in [0, 0.05) is 21.8 Å². The molecule has 2 N–H and O–H groups in total. The highest BCUT2D eigenvalue weighted by atomic mass is 32.1. The van der Waals surface area contributed by atoms with E-state index in [1.807, 2.05) is 37.3 Å². The number of aromatic carboxylic acids is 1. The summed E-state index contributed by atoms with van der Waals surface area (Å²) in [5.74, 6) is 1.28. The highest BCUT2D eigenvalue weighted by Crippen LogP contribution is 2.31. The number of anilines is 2. The molecule has 0 saturated heterocycles. The van der Waals surface area contributed by atoms with Gasteiger partial charge in [0.1, 0.15) is 11.6 Å². The van der Waals surface area contributed by atoms with Crippen LogP contribution in [0.5, 0.6) is 5.75 Å². The third-order valence-corrected chi connectivity index (χ3v) is 6.41. The standard InChI is InChI=1S/C27H25N3O3S/c1-4-23-17(2)28-26(30-25(23)29-20-10-8-19(9-11-20)27(31)32)24-16-15-22(34-24)14-7-18-5-12-21(33-3)13-6-18/h5-16H,4H2,1-3H3,(H,31,32)(H,28,29,30). The maximum atomic E-state index is 11.1. The van der Waals surface area contributed by atoms with Crippen LogP contribution in [0.15, 0.2) is 60.7 Å². The van der Waals surface area contributed by atoms with E-state index in [2.05, 4.69) is 30.5 Å². The summed E-state index contributed by atoms with van der Waals surface area (Å²) in [6, 6.07) is 18.6. The van der Waals surface area contributed by atoms with Crippen molar-refractivity contribution in [1.82, 2.24) is 9.97 Å². The van der Waals surface area contributed by atoms with Crippen LogP contribution in [0.1, 0.15) is 39.0 Å². The van der Waals surface area contributed by atoms with Gasteiger partial charge in [0.2, 0.25) is 0 Å². The Kier molecular flexibility index (Phi) is 7.04. The quantitative estimate of drug-likeness (QED) is 0.298. The summed E-state index contributed by atoms with van der Waals surface area (Å²) in [4.78, 5) is 22.8. The number of carboxylic acid groups (broad SMARTS) is 1. The van der Waals surface area contributed by atoms with E-state index < -0.39 is 5.97 Å². The fourth-order valence-corrected chi connectivity index (χ4v) is 4.37. The predicted molar refractivity (Wildman–Crippen MR) is 138 cm³/mol. The maximum Gasteiger partial charge on any atom is 0.335 e. The number of hydrogen-bond acceptors (Lipinski definition) is 6. The topological polar surface area (TPSA) is 84.3 Å². The molecular formula is C27H25N3O3S. The number of aryl methyl sites for hydroxylation is 1. The third kappa shape index (κ3) is 5.32. The van der Waals surface area contributed by atoms with Gasteiger partial charge in [-0.25, -0.2) is 14.8 Å². The summed E-state index contributed by atoms with van der Waals surface area (Å²) in [6.45, 7) is 4.05. The van der Waals surface area contributed by atoms with Gasteiger partial charge in [0.25, 0.3) is 0 Å². The van der Waals surface area contributed by atoms with Crippen molar-refractivity contribution >= 4 is 41.0 Å². The van der Waals surface area contributed by atoms with E-state index in [9.17, 15) is 4.79 Å². The van der Waals surface area contributed by atoms with Crippen LogP contribution in [0.25, 0.3) is 22.9 Å². The Labute approximate surface area is 202 Å². The number of carboxylic acids is 1. The van der Waals surface area contributed by atoms with Gasteiger partial charge >= 0.3 is 5.97 Å². The van der Waals surface area contributed by atoms with E-state index in [0.29, 0.717) is 5.82 Å². The predicted octanol–water partition coefficient (Wildman–Crippen LogP) is 6.70. The zero-order valence-corrected chi connectivity index (χ0v) is 20.0. The SMILES string of the molecule is CCc1c(C)nc(-c2ccc(C=Cc3ccc(OC)cc3)s2)nc1Nc1ccc(C(=O)O)cc1. The summed E-state index contributed by atoms with van der Waals surface area (Å²) in [6.07, 6.45) is 4.92. The van der Waals surface area contributed by atoms with Crippen molar-refractivity contribution in [3.05, 3.63) is 87.9 Å². The van der Waals surface area contributed by atoms with E-state index in [0.717, 1.165) is 50.3 Å². The molecule has 0 amide bonds.